The van der Waals surface area contributed by atoms with E-state index in [1.165, 1.54) is 0 Å². The van der Waals surface area contributed by atoms with Gasteiger partial charge >= 0.3 is 0 Å². The Morgan fingerprint density at radius 1 is 1.54 bits per heavy atom. The smallest absolute Gasteiger partial charge is 0.137 e. The number of nitriles is 1. The monoisotopic (exact) mass is 283 g/mol. The number of nitrogens with zero attached hydrogens (tertiary/aromatic N) is 3. The molecular weight excluding hydrogens is 277 g/mol. The summed E-state index contributed by atoms with van der Waals surface area (Å²) in [4.78, 5) is 4.30. The van der Waals surface area contributed by atoms with Gasteiger partial charge in [-0.15, -0.1) is 0 Å². The van der Waals surface area contributed by atoms with Crippen molar-refractivity contribution in [3.05, 3.63) is 33.8 Å². The second-order valence-corrected chi connectivity index (χ2v) is 3.75. The van der Waals surface area contributed by atoms with E-state index in [2.05, 4.69) is 33.6 Å². The molecule has 0 fully saturated rings. The van der Waals surface area contributed by atoms with Crippen LogP contribution in [0.4, 0.5) is 0 Å². The summed E-state index contributed by atoms with van der Waals surface area (Å²) in [5, 5.41) is 8.51. The summed E-state index contributed by atoms with van der Waals surface area (Å²) in [6.07, 6.45) is 2.28. The molecule has 0 radical (unpaired) electrons. The van der Waals surface area contributed by atoms with Gasteiger partial charge in [0.25, 0.3) is 0 Å². The molecule has 0 amide bonds. The van der Waals surface area contributed by atoms with Crippen molar-refractivity contribution in [1.82, 2.24) is 9.38 Å². The second kappa shape index (κ2) is 3.34. The number of hydrogen-bond acceptors (Lipinski definition) is 2. The zero-order chi connectivity index (χ0) is 9.26. The lowest BCUT2D eigenvalue weighted by Gasteiger charge is -1.93. The fraction of sp³-hybridized carbons (Fsp3) is 0.111. The van der Waals surface area contributed by atoms with E-state index in [-0.39, 0.29) is 0 Å². The van der Waals surface area contributed by atoms with Gasteiger partial charge in [-0.25, -0.2) is 4.98 Å². The zero-order valence-corrected chi connectivity index (χ0v) is 8.89. The van der Waals surface area contributed by atoms with Crippen LogP contribution < -0.4 is 0 Å². The van der Waals surface area contributed by atoms with E-state index in [1.807, 2.05) is 28.8 Å². The SMILES string of the molecule is N#CCc1cn2c(I)cccc2n1. The van der Waals surface area contributed by atoms with E-state index in [4.69, 9.17) is 5.26 Å². The summed E-state index contributed by atoms with van der Waals surface area (Å²) < 4.78 is 3.08. The van der Waals surface area contributed by atoms with E-state index in [0.717, 1.165) is 15.0 Å². The van der Waals surface area contributed by atoms with Gasteiger partial charge in [-0.1, -0.05) is 6.07 Å². The minimum atomic E-state index is 0.373. The largest absolute Gasteiger partial charge is 0.294 e. The van der Waals surface area contributed by atoms with Gasteiger partial charge in [-0.3, -0.25) is 4.40 Å². The molecule has 0 saturated heterocycles. The van der Waals surface area contributed by atoms with E-state index in [0.29, 0.717) is 6.42 Å². The standard InChI is InChI=1S/C9H6IN3/c10-8-2-1-3-9-12-7(4-5-11)6-13(8)9/h1-3,6H,4H2. The van der Waals surface area contributed by atoms with Crippen LogP contribution in [0.3, 0.4) is 0 Å². The molecule has 2 aromatic heterocycles. The minimum Gasteiger partial charge on any atom is -0.294 e. The molecule has 0 N–H and O–H groups in total. The molecule has 2 heterocycles. The molecular formula is C9H6IN3. The van der Waals surface area contributed by atoms with Crippen LogP contribution in [0.5, 0.6) is 0 Å². The van der Waals surface area contributed by atoms with Gasteiger partial charge in [0, 0.05) is 6.20 Å². The number of rotatable bonds is 1. The lowest BCUT2D eigenvalue weighted by atomic mass is 10.4. The topological polar surface area (TPSA) is 41.1 Å². The van der Waals surface area contributed by atoms with Crippen LogP contribution in [0.25, 0.3) is 5.65 Å². The van der Waals surface area contributed by atoms with Crippen LogP contribution in [0, 0.1) is 15.0 Å². The molecule has 0 saturated carbocycles. The zero-order valence-electron chi connectivity index (χ0n) is 6.74. The van der Waals surface area contributed by atoms with Crippen LogP contribution in [0.2, 0.25) is 0 Å². The van der Waals surface area contributed by atoms with Gasteiger partial charge in [-0.2, -0.15) is 5.26 Å². The number of hydrogen-bond donors (Lipinski definition) is 0. The number of imidazole rings is 1. The summed E-state index contributed by atoms with van der Waals surface area (Å²) >= 11 is 2.24. The molecule has 2 rings (SSSR count). The molecule has 0 unspecified atom stereocenters. The molecule has 0 atom stereocenters. The Bertz CT molecular complexity index is 481. The summed E-state index contributed by atoms with van der Waals surface area (Å²) in [6.45, 7) is 0. The molecule has 0 spiro atoms. The maximum Gasteiger partial charge on any atom is 0.137 e. The highest BCUT2D eigenvalue weighted by Crippen LogP contribution is 2.10. The third-order valence-electron chi connectivity index (χ3n) is 1.75. The Kier molecular flexibility index (Phi) is 2.19. The average Bonchev–Trinajstić information content (AvgIpc) is 2.49. The molecule has 13 heavy (non-hydrogen) atoms. The fourth-order valence-corrected chi connectivity index (χ4v) is 1.79. The van der Waals surface area contributed by atoms with Crippen molar-refractivity contribution in [3.8, 4) is 6.07 Å². The van der Waals surface area contributed by atoms with Crippen molar-refractivity contribution in [1.29, 1.82) is 5.26 Å². The summed E-state index contributed by atoms with van der Waals surface area (Å²) in [5.41, 5.74) is 1.73. The van der Waals surface area contributed by atoms with Gasteiger partial charge in [-0.05, 0) is 34.7 Å². The lowest BCUT2D eigenvalue weighted by molar-refractivity contribution is 1.13. The van der Waals surface area contributed by atoms with Gasteiger partial charge in [0.2, 0.25) is 0 Å². The number of aromatic nitrogens is 2. The quantitative estimate of drug-likeness (QED) is 0.593. The molecule has 0 bridgehead atoms. The van der Waals surface area contributed by atoms with Crippen LogP contribution in [0.1, 0.15) is 5.69 Å². The van der Waals surface area contributed by atoms with Crippen LogP contribution >= 0.6 is 22.6 Å². The van der Waals surface area contributed by atoms with Crippen LogP contribution in [0.15, 0.2) is 24.4 Å². The van der Waals surface area contributed by atoms with Crippen molar-refractivity contribution in [2.75, 3.05) is 0 Å². The molecule has 0 aliphatic heterocycles. The fourth-order valence-electron chi connectivity index (χ4n) is 1.19. The molecule has 0 aliphatic carbocycles. The Hall–Kier alpha value is -1.09. The molecule has 64 valence electrons. The molecule has 0 aliphatic rings. The first-order valence-corrected chi connectivity index (χ1v) is 4.88. The van der Waals surface area contributed by atoms with Gasteiger partial charge in [0.15, 0.2) is 0 Å². The highest BCUT2D eigenvalue weighted by molar-refractivity contribution is 14.1. The highest BCUT2D eigenvalue weighted by Gasteiger charge is 2.01. The predicted octanol–water partition coefficient (Wildman–Crippen LogP) is 2.00. The van der Waals surface area contributed by atoms with Crippen molar-refractivity contribution in [2.45, 2.75) is 6.42 Å². The Balaban J connectivity index is 2.63. The minimum absolute atomic E-state index is 0.373. The van der Waals surface area contributed by atoms with Gasteiger partial charge in [0.1, 0.15) is 5.65 Å². The lowest BCUT2D eigenvalue weighted by Crippen LogP contribution is -1.86. The Morgan fingerprint density at radius 3 is 3.08 bits per heavy atom. The average molecular weight is 283 g/mol. The van der Waals surface area contributed by atoms with Crippen molar-refractivity contribution < 1.29 is 0 Å². The molecule has 3 nitrogen and oxygen atoms in total. The van der Waals surface area contributed by atoms with Crippen LogP contribution in [-0.4, -0.2) is 9.38 Å². The summed E-state index contributed by atoms with van der Waals surface area (Å²) in [6, 6.07) is 7.98. The Morgan fingerprint density at radius 2 is 2.38 bits per heavy atom. The predicted molar refractivity (Wildman–Crippen MR) is 57.2 cm³/mol. The van der Waals surface area contributed by atoms with E-state index < -0.39 is 0 Å². The first-order valence-electron chi connectivity index (χ1n) is 3.81. The van der Waals surface area contributed by atoms with E-state index in [9.17, 15) is 0 Å². The van der Waals surface area contributed by atoms with Crippen molar-refractivity contribution in [3.63, 3.8) is 0 Å². The normalized spacial score (nSPS) is 10.2. The third kappa shape index (κ3) is 1.52. The first-order chi connectivity index (χ1) is 6.31. The van der Waals surface area contributed by atoms with Crippen molar-refractivity contribution >= 4 is 28.2 Å². The maximum absolute atomic E-state index is 8.51. The maximum atomic E-state index is 8.51. The summed E-state index contributed by atoms with van der Waals surface area (Å²) in [7, 11) is 0. The van der Waals surface area contributed by atoms with E-state index >= 15 is 0 Å². The number of pyridine rings is 1. The number of fused-ring (bicyclic) bond motifs is 1. The van der Waals surface area contributed by atoms with Crippen LogP contribution in [-0.2, 0) is 6.42 Å². The number of halogens is 1. The van der Waals surface area contributed by atoms with E-state index in [1.54, 1.807) is 0 Å². The second-order valence-electron chi connectivity index (χ2n) is 2.64. The third-order valence-corrected chi connectivity index (χ3v) is 2.63. The van der Waals surface area contributed by atoms with Crippen molar-refractivity contribution in [2.24, 2.45) is 0 Å². The molecule has 4 heteroatoms. The van der Waals surface area contributed by atoms with Gasteiger partial charge < -0.3 is 0 Å². The summed E-state index contributed by atoms with van der Waals surface area (Å²) in [5.74, 6) is 0. The van der Waals surface area contributed by atoms with Gasteiger partial charge in [0.05, 0.1) is 21.9 Å². The molecule has 0 aromatic carbocycles. The highest BCUT2D eigenvalue weighted by atomic mass is 127. The first kappa shape index (κ1) is 8.51. The Labute approximate surface area is 89.2 Å². The molecule has 2 aromatic rings.